The maximum atomic E-state index is 11.6. The van der Waals surface area contributed by atoms with Gasteiger partial charge in [0.05, 0.1) is 13.0 Å². The third-order valence-corrected chi connectivity index (χ3v) is 3.15. The van der Waals surface area contributed by atoms with Crippen molar-refractivity contribution in [2.45, 2.75) is 51.9 Å². The minimum absolute atomic E-state index is 0.0807. The van der Waals surface area contributed by atoms with Gasteiger partial charge in [0.1, 0.15) is 0 Å². The predicted octanol–water partition coefficient (Wildman–Crippen LogP) is 4.30. The van der Waals surface area contributed by atoms with Crippen LogP contribution in [0.5, 0.6) is 0 Å². The molecule has 0 unspecified atom stereocenters. The molecule has 1 atom stereocenters. The Hall–Kier alpha value is -1.31. The number of benzene rings is 1. The molecule has 1 aromatic rings. The van der Waals surface area contributed by atoms with Crippen molar-refractivity contribution in [2.24, 2.45) is 0 Å². The van der Waals surface area contributed by atoms with Crippen LogP contribution in [0.1, 0.15) is 57.4 Å². The number of hydrogen-bond donors (Lipinski definition) is 0. The lowest BCUT2D eigenvalue weighted by Crippen LogP contribution is -2.10. The average Bonchev–Trinajstić information content (AvgIpc) is 2.39. The van der Waals surface area contributed by atoms with Crippen molar-refractivity contribution < 1.29 is 9.53 Å². The molecule has 0 aromatic heterocycles. The SMILES string of the molecule is CCCCC[C@@H](CC(=O)OCC)c1ccccc1. The topological polar surface area (TPSA) is 26.3 Å². The summed E-state index contributed by atoms with van der Waals surface area (Å²) < 4.78 is 5.06. The lowest BCUT2D eigenvalue weighted by Gasteiger charge is -2.16. The summed E-state index contributed by atoms with van der Waals surface area (Å²) in [5.74, 6) is 0.222. The third kappa shape index (κ3) is 5.35. The van der Waals surface area contributed by atoms with Gasteiger partial charge in [-0.15, -0.1) is 0 Å². The van der Waals surface area contributed by atoms with Gasteiger partial charge in [-0.2, -0.15) is 0 Å². The van der Waals surface area contributed by atoms with Gasteiger partial charge in [0.15, 0.2) is 0 Å². The molecule has 0 saturated heterocycles. The Morgan fingerprint density at radius 1 is 1.17 bits per heavy atom. The molecule has 0 amide bonds. The standard InChI is InChI=1S/C16H24O2/c1-3-5-7-12-15(13-16(17)18-4-2)14-10-8-6-9-11-14/h6,8-11,15H,3-5,7,12-13H2,1-2H3/t15-/m0/s1. The van der Waals surface area contributed by atoms with Crippen molar-refractivity contribution in [1.29, 1.82) is 0 Å². The number of unbranched alkanes of at least 4 members (excludes halogenated alkanes) is 2. The smallest absolute Gasteiger partial charge is 0.306 e. The molecule has 0 radical (unpaired) electrons. The molecule has 18 heavy (non-hydrogen) atoms. The van der Waals surface area contributed by atoms with Crippen LogP contribution in [0.2, 0.25) is 0 Å². The van der Waals surface area contributed by atoms with Gasteiger partial charge in [-0.3, -0.25) is 4.79 Å². The van der Waals surface area contributed by atoms with Gasteiger partial charge < -0.3 is 4.74 Å². The molecule has 1 rings (SSSR count). The van der Waals surface area contributed by atoms with E-state index in [1.165, 1.54) is 24.8 Å². The van der Waals surface area contributed by atoms with Crippen LogP contribution in [-0.4, -0.2) is 12.6 Å². The van der Waals surface area contributed by atoms with Gasteiger partial charge in [-0.05, 0) is 24.8 Å². The van der Waals surface area contributed by atoms with Crippen LogP contribution < -0.4 is 0 Å². The van der Waals surface area contributed by atoms with Gasteiger partial charge in [0.25, 0.3) is 0 Å². The number of hydrogen-bond acceptors (Lipinski definition) is 2. The van der Waals surface area contributed by atoms with Crippen molar-refractivity contribution in [3.05, 3.63) is 35.9 Å². The van der Waals surface area contributed by atoms with E-state index in [0.717, 1.165) is 6.42 Å². The van der Waals surface area contributed by atoms with E-state index in [-0.39, 0.29) is 5.97 Å². The number of esters is 1. The molecule has 0 aliphatic carbocycles. The Morgan fingerprint density at radius 3 is 2.50 bits per heavy atom. The second kappa shape index (κ2) is 8.73. The van der Waals surface area contributed by atoms with E-state index in [2.05, 4.69) is 19.1 Å². The van der Waals surface area contributed by atoms with Crippen molar-refractivity contribution in [3.8, 4) is 0 Å². The highest BCUT2D eigenvalue weighted by molar-refractivity contribution is 5.70. The highest BCUT2D eigenvalue weighted by Crippen LogP contribution is 2.26. The van der Waals surface area contributed by atoms with Crippen molar-refractivity contribution in [1.82, 2.24) is 0 Å². The minimum atomic E-state index is -0.0807. The first-order chi connectivity index (χ1) is 8.77. The van der Waals surface area contributed by atoms with E-state index in [9.17, 15) is 4.79 Å². The number of carbonyl (C=O) groups is 1. The van der Waals surface area contributed by atoms with Gasteiger partial charge in [0, 0.05) is 0 Å². The first kappa shape index (κ1) is 14.7. The second-order valence-corrected chi connectivity index (χ2v) is 4.61. The van der Waals surface area contributed by atoms with E-state index >= 15 is 0 Å². The Kier molecular flexibility index (Phi) is 7.16. The van der Waals surface area contributed by atoms with E-state index in [4.69, 9.17) is 4.74 Å². The summed E-state index contributed by atoms with van der Waals surface area (Å²) in [6.07, 6.45) is 5.18. The Labute approximate surface area is 110 Å². The summed E-state index contributed by atoms with van der Waals surface area (Å²) in [6, 6.07) is 10.3. The fourth-order valence-electron chi connectivity index (χ4n) is 2.17. The van der Waals surface area contributed by atoms with Gasteiger partial charge in [-0.1, -0.05) is 56.5 Å². The molecule has 0 heterocycles. The van der Waals surface area contributed by atoms with Crippen LogP contribution >= 0.6 is 0 Å². The lowest BCUT2D eigenvalue weighted by atomic mass is 9.90. The largest absolute Gasteiger partial charge is 0.466 e. The van der Waals surface area contributed by atoms with Crippen LogP contribution in [0.4, 0.5) is 0 Å². The summed E-state index contributed by atoms with van der Waals surface area (Å²) in [6.45, 7) is 4.52. The molecule has 0 N–H and O–H groups in total. The van der Waals surface area contributed by atoms with E-state index in [0.29, 0.717) is 18.9 Å². The summed E-state index contributed by atoms with van der Waals surface area (Å²) in [4.78, 5) is 11.6. The molecule has 100 valence electrons. The summed E-state index contributed by atoms with van der Waals surface area (Å²) in [7, 11) is 0. The quantitative estimate of drug-likeness (QED) is 0.506. The molecule has 0 aliphatic heterocycles. The van der Waals surface area contributed by atoms with Crippen LogP contribution in [0.3, 0.4) is 0 Å². The summed E-state index contributed by atoms with van der Waals surface area (Å²) in [5.41, 5.74) is 1.25. The van der Waals surface area contributed by atoms with Crippen LogP contribution in [0.15, 0.2) is 30.3 Å². The normalized spacial score (nSPS) is 12.1. The van der Waals surface area contributed by atoms with Crippen molar-refractivity contribution >= 4 is 5.97 Å². The third-order valence-electron chi connectivity index (χ3n) is 3.15. The number of ether oxygens (including phenoxy) is 1. The maximum absolute atomic E-state index is 11.6. The first-order valence-corrected chi connectivity index (χ1v) is 6.98. The molecule has 0 bridgehead atoms. The fraction of sp³-hybridized carbons (Fsp3) is 0.562. The Bertz CT molecular complexity index is 332. The first-order valence-electron chi connectivity index (χ1n) is 6.98. The maximum Gasteiger partial charge on any atom is 0.306 e. The lowest BCUT2D eigenvalue weighted by molar-refractivity contribution is -0.143. The predicted molar refractivity (Wildman–Crippen MR) is 74.6 cm³/mol. The molecule has 2 nitrogen and oxygen atoms in total. The Morgan fingerprint density at radius 2 is 1.89 bits per heavy atom. The van der Waals surface area contributed by atoms with Gasteiger partial charge in [-0.25, -0.2) is 0 Å². The molecule has 0 aliphatic rings. The van der Waals surface area contributed by atoms with E-state index in [1.807, 2.05) is 25.1 Å². The summed E-state index contributed by atoms with van der Waals surface area (Å²) >= 11 is 0. The monoisotopic (exact) mass is 248 g/mol. The molecule has 0 saturated carbocycles. The van der Waals surface area contributed by atoms with Crippen LogP contribution in [-0.2, 0) is 9.53 Å². The molecule has 0 fully saturated rings. The molecule has 0 spiro atoms. The van der Waals surface area contributed by atoms with Gasteiger partial charge >= 0.3 is 5.97 Å². The highest BCUT2D eigenvalue weighted by atomic mass is 16.5. The molecular formula is C16H24O2. The van der Waals surface area contributed by atoms with E-state index in [1.54, 1.807) is 0 Å². The zero-order valence-corrected chi connectivity index (χ0v) is 11.5. The van der Waals surface area contributed by atoms with E-state index < -0.39 is 0 Å². The van der Waals surface area contributed by atoms with Crippen molar-refractivity contribution in [3.63, 3.8) is 0 Å². The fourth-order valence-corrected chi connectivity index (χ4v) is 2.17. The van der Waals surface area contributed by atoms with Crippen molar-refractivity contribution in [2.75, 3.05) is 6.61 Å². The minimum Gasteiger partial charge on any atom is -0.466 e. The average molecular weight is 248 g/mol. The molecular weight excluding hydrogens is 224 g/mol. The zero-order chi connectivity index (χ0) is 13.2. The second-order valence-electron chi connectivity index (χ2n) is 4.61. The molecule has 1 aromatic carbocycles. The van der Waals surface area contributed by atoms with Crippen LogP contribution in [0.25, 0.3) is 0 Å². The van der Waals surface area contributed by atoms with Crippen LogP contribution in [0, 0.1) is 0 Å². The zero-order valence-electron chi connectivity index (χ0n) is 11.5. The highest BCUT2D eigenvalue weighted by Gasteiger charge is 2.16. The summed E-state index contributed by atoms with van der Waals surface area (Å²) in [5, 5.41) is 0. The Balaban J connectivity index is 2.60. The van der Waals surface area contributed by atoms with Gasteiger partial charge in [0.2, 0.25) is 0 Å². The molecule has 2 heteroatoms. The number of rotatable bonds is 8. The number of carbonyl (C=O) groups excluding carboxylic acids is 1.